The fourth-order valence-corrected chi connectivity index (χ4v) is 1.45. The molecule has 76 valence electrons. The Morgan fingerprint density at radius 2 is 1.93 bits per heavy atom. The first-order valence-electron chi connectivity index (χ1n) is 4.39. The Morgan fingerprint density at radius 3 is 2.47 bits per heavy atom. The zero-order valence-corrected chi connectivity index (χ0v) is 8.74. The van der Waals surface area contributed by atoms with E-state index >= 15 is 0 Å². The zero-order valence-electron chi connectivity index (χ0n) is 7.92. The molecule has 0 amide bonds. The van der Waals surface area contributed by atoms with Gasteiger partial charge in [0.2, 0.25) is 0 Å². The summed E-state index contributed by atoms with van der Waals surface area (Å²) in [5, 5.41) is 4.13. The van der Waals surface area contributed by atoms with Crippen LogP contribution in [0.3, 0.4) is 0 Å². The molecule has 0 saturated heterocycles. The van der Waals surface area contributed by atoms with E-state index in [9.17, 15) is 0 Å². The molecule has 4 nitrogen and oxygen atoms in total. The Kier molecular flexibility index (Phi) is 2.39. The largest absolute Gasteiger partial charge is 0.389 e. The molecule has 0 bridgehead atoms. The Hall–Kier alpha value is -1.88. The Morgan fingerprint density at radius 1 is 1.27 bits per heavy atom. The summed E-state index contributed by atoms with van der Waals surface area (Å²) in [7, 11) is 0. The average Bonchev–Trinajstić information content (AvgIpc) is 2.62. The summed E-state index contributed by atoms with van der Waals surface area (Å²) in [6, 6.07) is 9.64. The molecule has 0 spiro atoms. The van der Waals surface area contributed by atoms with Crippen LogP contribution in [0.25, 0.3) is 5.69 Å². The van der Waals surface area contributed by atoms with Crippen molar-refractivity contribution in [3.05, 3.63) is 42.1 Å². The van der Waals surface area contributed by atoms with Gasteiger partial charge in [-0.3, -0.25) is 0 Å². The van der Waals surface area contributed by atoms with E-state index in [-0.39, 0.29) is 4.99 Å². The lowest BCUT2D eigenvalue weighted by Gasteiger charge is -1.98. The third-order valence-electron chi connectivity index (χ3n) is 2.03. The van der Waals surface area contributed by atoms with Crippen LogP contribution in [-0.2, 0) is 0 Å². The van der Waals surface area contributed by atoms with Gasteiger partial charge < -0.3 is 11.5 Å². The van der Waals surface area contributed by atoms with E-state index in [1.165, 1.54) is 0 Å². The molecule has 15 heavy (non-hydrogen) atoms. The first-order chi connectivity index (χ1) is 7.18. The van der Waals surface area contributed by atoms with Gasteiger partial charge in [-0.1, -0.05) is 30.4 Å². The van der Waals surface area contributed by atoms with Gasteiger partial charge in [-0.05, 0) is 12.1 Å². The van der Waals surface area contributed by atoms with E-state index < -0.39 is 0 Å². The predicted molar refractivity (Wildman–Crippen MR) is 63.9 cm³/mol. The van der Waals surface area contributed by atoms with Crippen LogP contribution in [0.5, 0.6) is 0 Å². The molecule has 0 aliphatic rings. The predicted octanol–water partition coefficient (Wildman–Crippen LogP) is 1.09. The SMILES string of the molecule is NC(=S)c1cn(-c2ccccc2)nc1N. The highest BCUT2D eigenvalue weighted by atomic mass is 32.1. The standard InChI is InChI=1S/C10H10N4S/c11-9-8(10(12)15)6-14(13-9)7-4-2-1-3-5-7/h1-6H,(H2,11,13)(H2,12,15). The molecule has 0 aliphatic heterocycles. The lowest BCUT2D eigenvalue weighted by atomic mass is 10.3. The van der Waals surface area contributed by atoms with Crippen molar-refractivity contribution in [1.29, 1.82) is 0 Å². The third-order valence-corrected chi connectivity index (χ3v) is 2.25. The molecule has 4 N–H and O–H groups in total. The molecule has 0 radical (unpaired) electrons. The van der Waals surface area contributed by atoms with Gasteiger partial charge in [0.15, 0.2) is 5.82 Å². The number of hydrogen-bond donors (Lipinski definition) is 2. The van der Waals surface area contributed by atoms with E-state index in [1.54, 1.807) is 10.9 Å². The first-order valence-corrected chi connectivity index (χ1v) is 4.79. The number of thiocarbonyl (C=S) groups is 1. The lowest BCUT2D eigenvalue weighted by molar-refractivity contribution is 0.886. The van der Waals surface area contributed by atoms with E-state index in [1.807, 2.05) is 30.3 Å². The molecule has 0 saturated carbocycles. The van der Waals surface area contributed by atoms with Gasteiger partial charge in [0.05, 0.1) is 11.3 Å². The fraction of sp³-hybridized carbons (Fsp3) is 0. The third kappa shape index (κ3) is 1.82. The molecule has 1 aromatic heterocycles. The minimum Gasteiger partial charge on any atom is -0.389 e. The second-order valence-corrected chi connectivity index (χ2v) is 3.51. The van der Waals surface area contributed by atoms with E-state index in [4.69, 9.17) is 23.7 Å². The van der Waals surface area contributed by atoms with E-state index in [2.05, 4.69) is 5.10 Å². The summed E-state index contributed by atoms with van der Waals surface area (Å²) < 4.78 is 1.66. The van der Waals surface area contributed by atoms with Crippen molar-refractivity contribution < 1.29 is 0 Å². The van der Waals surface area contributed by atoms with E-state index in [0.717, 1.165) is 5.69 Å². The number of nitrogen functional groups attached to an aromatic ring is 1. The Balaban J connectivity index is 2.48. The Bertz CT molecular complexity index is 489. The molecule has 0 unspecified atom stereocenters. The molecule has 0 atom stereocenters. The molecular weight excluding hydrogens is 208 g/mol. The van der Waals surface area contributed by atoms with Gasteiger partial charge in [-0.2, -0.15) is 0 Å². The van der Waals surface area contributed by atoms with Crippen LogP contribution in [0.4, 0.5) is 5.82 Å². The van der Waals surface area contributed by atoms with Gasteiger partial charge in [-0.15, -0.1) is 5.10 Å². The maximum atomic E-state index is 5.68. The number of hydrogen-bond acceptors (Lipinski definition) is 3. The highest BCUT2D eigenvalue weighted by Gasteiger charge is 2.08. The molecular formula is C10H10N4S. The number of anilines is 1. The number of nitrogens with zero attached hydrogens (tertiary/aromatic N) is 2. The number of rotatable bonds is 2. The molecule has 5 heteroatoms. The quantitative estimate of drug-likeness (QED) is 0.740. The van der Waals surface area contributed by atoms with Gasteiger partial charge in [0.25, 0.3) is 0 Å². The van der Waals surface area contributed by atoms with Gasteiger partial charge >= 0.3 is 0 Å². The smallest absolute Gasteiger partial charge is 0.156 e. The van der Waals surface area contributed by atoms with Crippen molar-refractivity contribution in [1.82, 2.24) is 9.78 Å². The molecule has 1 aromatic carbocycles. The summed E-state index contributed by atoms with van der Waals surface area (Å²) in [5.74, 6) is 0.353. The van der Waals surface area contributed by atoms with Crippen molar-refractivity contribution in [3.63, 3.8) is 0 Å². The van der Waals surface area contributed by atoms with Crippen LogP contribution in [0.1, 0.15) is 5.56 Å². The van der Waals surface area contributed by atoms with Crippen molar-refractivity contribution in [2.45, 2.75) is 0 Å². The lowest BCUT2D eigenvalue weighted by Crippen LogP contribution is -2.10. The molecule has 0 aliphatic carbocycles. The van der Waals surface area contributed by atoms with Crippen LogP contribution >= 0.6 is 12.2 Å². The summed E-state index contributed by atoms with van der Waals surface area (Å²) in [6.07, 6.45) is 1.73. The summed E-state index contributed by atoms with van der Waals surface area (Å²) in [4.78, 5) is 0.259. The van der Waals surface area contributed by atoms with Crippen LogP contribution in [0.2, 0.25) is 0 Å². The van der Waals surface area contributed by atoms with Crippen LogP contribution in [-0.4, -0.2) is 14.8 Å². The minimum absolute atomic E-state index is 0.259. The van der Waals surface area contributed by atoms with Crippen LogP contribution in [0, 0.1) is 0 Å². The normalized spacial score (nSPS) is 10.1. The second-order valence-electron chi connectivity index (χ2n) is 3.07. The minimum atomic E-state index is 0.259. The first kappa shape index (κ1) is 9.67. The summed E-state index contributed by atoms with van der Waals surface area (Å²) in [5.41, 5.74) is 12.7. The highest BCUT2D eigenvalue weighted by molar-refractivity contribution is 7.80. The maximum Gasteiger partial charge on any atom is 0.156 e. The number of nitrogens with two attached hydrogens (primary N) is 2. The number of benzene rings is 1. The highest BCUT2D eigenvalue weighted by Crippen LogP contribution is 2.13. The van der Waals surface area contributed by atoms with Gasteiger partial charge in [-0.25, -0.2) is 4.68 Å². The molecule has 0 fully saturated rings. The topological polar surface area (TPSA) is 69.9 Å². The number of aromatic nitrogens is 2. The van der Waals surface area contributed by atoms with Gasteiger partial charge in [0.1, 0.15) is 4.99 Å². The van der Waals surface area contributed by atoms with Crippen molar-refractivity contribution in [2.75, 3.05) is 5.73 Å². The summed E-state index contributed by atoms with van der Waals surface area (Å²) in [6.45, 7) is 0. The summed E-state index contributed by atoms with van der Waals surface area (Å²) >= 11 is 4.86. The van der Waals surface area contributed by atoms with Crippen molar-refractivity contribution >= 4 is 23.0 Å². The van der Waals surface area contributed by atoms with Crippen LogP contribution < -0.4 is 11.5 Å². The fourth-order valence-electron chi connectivity index (χ4n) is 1.29. The Labute approximate surface area is 92.5 Å². The molecule has 2 rings (SSSR count). The van der Waals surface area contributed by atoms with Crippen molar-refractivity contribution in [3.8, 4) is 5.69 Å². The van der Waals surface area contributed by atoms with Crippen LogP contribution in [0.15, 0.2) is 36.5 Å². The zero-order chi connectivity index (χ0) is 10.8. The number of para-hydroxylation sites is 1. The van der Waals surface area contributed by atoms with Crippen molar-refractivity contribution in [2.24, 2.45) is 5.73 Å². The maximum absolute atomic E-state index is 5.68. The molecule has 2 aromatic rings. The van der Waals surface area contributed by atoms with E-state index in [0.29, 0.717) is 11.4 Å². The second kappa shape index (κ2) is 3.70. The average molecular weight is 218 g/mol. The van der Waals surface area contributed by atoms with Gasteiger partial charge in [0, 0.05) is 6.20 Å². The molecule has 1 heterocycles. The monoisotopic (exact) mass is 218 g/mol.